The average Bonchev–Trinajstić information content (AvgIpc) is 3.92. The highest BCUT2D eigenvalue weighted by atomic mass is 15.1. The van der Waals surface area contributed by atoms with Gasteiger partial charge in [-0.25, -0.2) is 0 Å². The van der Waals surface area contributed by atoms with Gasteiger partial charge in [0, 0.05) is 61.2 Å². The first-order valence-corrected chi connectivity index (χ1v) is 23.9. The van der Waals surface area contributed by atoms with Crippen LogP contribution in [0, 0.1) is 0 Å². The molecule has 12 aromatic rings. The van der Waals surface area contributed by atoms with E-state index in [2.05, 4.69) is 243 Å². The van der Waals surface area contributed by atoms with Crippen LogP contribution in [-0.2, 0) is 10.8 Å². The molecule has 0 aliphatic heterocycles. The number of para-hydroxylation sites is 1. The number of fused-ring (bicyclic) bond motifs is 15. The maximum Gasteiger partial charge on any atom is 0.0786 e. The van der Waals surface area contributed by atoms with Crippen molar-refractivity contribution in [3.05, 3.63) is 235 Å². The quantitative estimate of drug-likeness (QED) is 0.161. The van der Waals surface area contributed by atoms with E-state index in [9.17, 15) is 0 Å². The Morgan fingerprint density at radius 3 is 1.81 bits per heavy atom. The minimum atomic E-state index is -0.134. The Labute approximate surface area is 396 Å². The Balaban J connectivity index is 0.959. The fraction of sp³-hybridized carbons (Fsp3) is 0.0923. The number of hydrogen-bond acceptors (Lipinski definition) is 2. The number of rotatable bonds is 5. The van der Waals surface area contributed by atoms with Crippen LogP contribution in [0.1, 0.15) is 49.9 Å². The van der Waals surface area contributed by atoms with Crippen LogP contribution in [0.3, 0.4) is 0 Å². The van der Waals surface area contributed by atoms with E-state index in [-0.39, 0.29) is 10.8 Å². The Morgan fingerprint density at radius 2 is 1.00 bits per heavy atom. The topological polar surface area (TPSA) is 21.1 Å². The van der Waals surface area contributed by atoms with Crippen LogP contribution >= 0.6 is 0 Å². The van der Waals surface area contributed by atoms with E-state index < -0.39 is 0 Å². The van der Waals surface area contributed by atoms with E-state index in [0.717, 1.165) is 16.9 Å². The zero-order chi connectivity index (χ0) is 45.5. The van der Waals surface area contributed by atoms with Crippen molar-refractivity contribution < 1.29 is 0 Å². The van der Waals surface area contributed by atoms with E-state index in [0.29, 0.717) is 0 Å². The fourth-order valence-corrected chi connectivity index (χ4v) is 12.3. The third-order valence-electron chi connectivity index (χ3n) is 15.6. The summed E-state index contributed by atoms with van der Waals surface area (Å²) in [7, 11) is 0. The number of benzene rings is 10. The normalized spacial score (nSPS) is 14.1. The van der Waals surface area contributed by atoms with Crippen molar-refractivity contribution in [2.24, 2.45) is 0 Å². The summed E-state index contributed by atoms with van der Waals surface area (Å²) < 4.78 is 2.46. The third kappa shape index (κ3) is 5.39. The molecule has 0 bridgehead atoms. The van der Waals surface area contributed by atoms with Gasteiger partial charge in [0.1, 0.15) is 0 Å². The molecule has 0 N–H and O–H groups in total. The first kappa shape index (κ1) is 38.9. The lowest BCUT2D eigenvalue weighted by molar-refractivity contribution is 0.660. The van der Waals surface area contributed by atoms with Gasteiger partial charge in [-0.3, -0.25) is 4.98 Å². The Hall–Kier alpha value is -8.27. The fourth-order valence-electron chi connectivity index (χ4n) is 12.3. The highest BCUT2D eigenvalue weighted by Gasteiger charge is 2.38. The molecule has 0 saturated heterocycles. The molecule has 10 aromatic carbocycles. The van der Waals surface area contributed by atoms with Gasteiger partial charge in [0.2, 0.25) is 0 Å². The Bertz CT molecular complexity index is 4040. The summed E-state index contributed by atoms with van der Waals surface area (Å²) in [6.45, 7) is 9.47. The Kier molecular flexibility index (Phi) is 8.09. The minimum Gasteiger partial charge on any atom is -0.310 e. The summed E-state index contributed by atoms with van der Waals surface area (Å²) in [4.78, 5) is 7.37. The molecule has 14 rings (SSSR count). The number of pyridine rings is 1. The van der Waals surface area contributed by atoms with Crippen LogP contribution in [0.5, 0.6) is 0 Å². The summed E-state index contributed by atoms with van der Waals surface area (Å²) >= 11 is 0. The molecule has 3 nitrogen and oxygen atoms in total. The first-order chi connectivity index (χ1) is 33.3. The van der Waals surface area contributed by atoms with Gasteiger partial charge in [0.15, 0.2) is 0 Å². The molecule has 0 radical (unpaired) electrons. The zero-order valence-electron chi connectivity index (χ0n) is 38.5. The third-order valence-corrected chi connectivity index (χ3v) is 15.6. The van der Waals surface area contributed by atoms with Crippen LogP contribution in [0.25, 0.3) is 93.3 Å². The largest absolute Gasteiger partial charge is 0.310 e. The molecule has 2 aliphatic rings. The maximum absolute atomic E-state index is 4.88. The van der Waals surface area contributed by atoms with Gasteiger partial charge in [-0.1, -0.05) is 161 Å². The van der Waals surface area contributed by atoms with Crippen molar-refractivity contribution in [1.82, 2.24) is 9.55 Å². The number of hydrogen-bond donors (Lipinski definition) is 0. The van der Waals surface area contributed by atoms with Crippen LogP contribution in [0.2, 0.25) is 0 Å². The lowest BCUT2D eigenvalue weighted by Crippen LogP contribution is -2.16. The van der Waals surface area contributed by atoms with E-state index in [4.69, 9.17) is 4.98 Å². The van der Waals surface area contributed by atoms with E-state index in [1.54, 1.807) is 0 Å². The summed E-state index contributed by atoms with van der Waals surface area (Å²) in [6.07, 6.45) is 1.90. The van der Waals surface area contributed by atoms with Crippen molar-refractivity contribution in [3.8, 4) is 39.1 Å². The number of nitrogens with zero attached hydrogens (tertiary/aromatic N) is 3. The van der Waals surface area contributed by atoms with Crippen molar-refractivity contribution in [3.63, 3.8) is 0 Å². The number of anilines is 3. The summed E-state index contributed by atoms with van der Waals surface area (Å²) in [5.74, 6) is 0. The van der Waals surface area contributed by atoms with Crippen LogP contribution < -0.4 is 4.90 Å². The van der Waals surface area contributed by atoms with Crippen molar-refractivity contribution >= 4 is 71.3 Å². The molecular weight excluding hydrogens is 823 g/mol. The highest BCUT2D eigenvalue weighted by Crippen LogP contribution is 2.55. The van der Waals surface area contributed by atoms with Crippen molar-refractivity contribution in [1.29, 1.82) is 0 Å². The predicted molar refractivity (Wildman–Crippen MR) is 286 cm³/mol. The summed E-state index contributed by atoms with van der Waals surface area (Å²) in [5, 5.41) is 8.49. The lowest BCUT2D eigenvalue weighted by atomic mass is 9.82. The molecular formula is C65H47N3. The maximum atomic E-state index is 4.88. The molecule has 0 spiro atoms. The number of aromatic nitrogens is 2. The lowest BCUT2D eigenvalue weighted by Gasteiger charge is -2.29. The second-order valence-corrected chi connectivity index (χ2v) is 19.9. The zero-order valence-corrected chi connectivity index (χ0v) is 38.5. The van der Waals surface area contributed by atoms with Gasteiger partial charge in [-0.2, -0.15) is 0 Å². The molecule has 0 amide bonds. The summed E-state index contributed by atoms with van der Waals surface area (Å²) in [6, 6.07) is 76.9. The van der Waals surface area contributed by atoms with E-state index >= 15 is 0 Å². The van der Waals surface area contributed by atoms with Crippen LogP contribution in [0.15, 0.2) is 212 Å². The smallest absolute Gasteiger partial charge is 0.0786 e. The first-order valence-electron chi connectivity index (χ1n) is 23.9. The van der Waals surface area contributed by atoms with Crippen molar-refractivity contribution in [2.75, 3.05) is 4.90 Å². The monoisotopic (exact) mass is 869 g/mol. The molecule has 0 saturated carbocycles. The van der Waals surface area contributed by atoms with Gasteiger partial charge in [0.25, 0.3) is 0 Å². The van der Waals surface area contributed by atoms with Crippen molar-refractivity contribution in [2.45, 2.75) is 38.5 Å². The second kappa shape index (κ2) is 14.1. The van der Waals surface area contributed by atoms with Gasteiger partial charge in [0.05, 0.1) is 22.2 Å². The van der Waals surface area contributed by atoms with Crippen LogP contribution in [0.4, 0.5) is 17.1 Å². The van der Waals surface area contributed by atoms with E-state index in [1.165, 1.54) is 116 Å². The minimum absolute atomic E-state index is 0.0925. The molecule has 0 fully saturated rings. The van der Waals surface area contributed by atoms with E-state index in [1.807, 2.05) is 6.20 Å². The van der Waals surface area contributed by atoms with Crippen LogP contribution in [-0.4, -0.2) is 9.55 Å². The molecule has 0 atom stereocenters. The average molecular weight is 870 g/mol. The molecule has 3 heteroatoms. The molecule has 2 aromatic heterocycles. The van der Waals surface area contributed by atoms with Gasteiger partial charge in [-0.15, -0.1) is 0 Å². The SMILES string of the molecule is CC1(C)c2ccccc2-c2cc3c4cc(-c5ccc(N(c6ccc7c(c6)c6ccccc6c6ncccc76)c6cccc7c6-c6ccccc6C7(C)C)cc5)ccc4n(-c4ccccc4)c3cc21. The molecule has 2 heterocycles. The summed E-state index contributed by atoms with van der Waals surface area (Å²) in [5.41, 5.74) is 20.9. The molecule has 68 heavy (non-hydrogen) atoms. The van der Waals surface area contributed by atoms with Gasteiger partial charge >= 0.3 is 0 Å². The second-order valence-electron chi connectivity index (χ2n) is 19.9. The predicted octanol–water partition coefficient (Wildman–Crippen LogP) is 17.4. The molecule has 2 aliphatic carbocycles. The highest BCUT2D eigenvalue weighted by molar-refractivity contribution is 6.25. The molecule has 322 valence electrons. The van der Waals surface area contributed by atoms with Gasteiger partial charge < -0.3 is 9.47 Å². The Morgan fingerprint density at radius 1 is 0.382 bits per heavy atom. The van der Waals surface area contributed by atoms with Gasteiger partial charge in [-0.05, 0) is 139 Å². The molecule has 0 unspecified atom stereocenters. The standard InChI is InChI=1S/C65H47N3/c1-64(2)56-24-13-11-21-50(56)62-57(64)25-14-26-60(62)67(44-32-33-46-49-22-15-35-66-63(49)48-20-9-8-18-45(48)51(46)37-44)43-30-27-40(28-31-43)41-29-34-59-53(36-41)54-38-52-47-19-10-12-23-55(47)65(3,4)58(52)39-61(54)68(59)42-16-6-5-7-17-42/h5-39H,1-4H3.